The lowest BCUT2D eigenvalue weighted by atomic mass is 10.2. The number of rotatable bonds is 8. The highest BCUT2D eigenvalue weighted by molar-refractivity contribution is 5.68. The van der Waals surface area contributed by atoms with Gasteiger partial charge in [0.15, 0.2) is 5.75 Å². The second-order valence-corrected chi connectivity index (χ2v) is 5.14. The van der Waals surface area contributed by atoms with Crippen molar-refractivity contribution in [3.63, 3.8) is 0 Å². The number of nitro groups is 1. The molecule has 0 bridgehead atoms. The van der Waals surface area contributed by atoms with Crippen LogP contribution in [0.15, 0.2) is 18.2 Å². The van der Waals surface area contributed by atoms with E-state index in [1.165, 1.54) is 0 Å². The van der Waals surface area contributed by atoms with Crippen LogP contribution in [0.1, 0.15) is 26.2 Å². The molecule has 1 atom stereocenters. The summed E-state index contributed by atoms with van der Waals surface area (Å²) >= 11 is 0. The highest BCUT2D eigenvalue weighted by Crippen LogP contribution is 2.36. The average Bonchev–Trinajstić information content (AvgIpc) is 3.26. The molecule has 2 rings (SSSR count). The minimum absolute atomic E-state index is 0.0102. The largest absolute Gasteiger partial charge is 0.487 e. The molecule has 0 amide bonds. The van der Waals surface area contributed by atoms with Crippen LogP contribution in [0.3, 0.4) is 0 Å². The third kappa shape index (κ3) is 3.60. The van der Waals surface area contributed by atoms with E-state index in [0.29, 0.717) is 30.5 Å². The fourth-order valence-corrected chi connectivity index (χ4v) is 2.10. The van der Waals surface area contributed by atoms with Crippen LogP contribution in [0.25, 0.3) is 0 Å². The Morgan fingerprint density at radius 3 is 2.90 bits per heavy atom. The van der Waals surface area contributed by atoms with Crippen molar-refractivity contribution in [1.82, 2.24) is 0 Å². The van der Waals surface area contributed by atoms with E-state index in [1.54, 1.807) is 18.2 Å². The Balaban J connectivity index is 2.11. The van der Waals surface area contributed by atoms with Crippen LogP contribution in [0, 0.1) is 16.0 Å². The summed E-state index contributed by atoms with van der Waals surface area (Å²) in [4.78, 5) is 10.8. The fourth-order valence-electron chi connectivity index (χ4n) is 2.10. The van der Waals surface area contributed by atoms with Crippen LogP contribution in [0.2, 0.25) is 0 Å². The number of ether oxygens (including phenoxy) is 1. The summed E-state index contributed by atoms with van der Waals surface area (Å²) in [5.41, 5.74) is 6.47. The Morgan fingerprint density at radius 1 is 1.55 bits per heavy atom. The maximum Gasteiger partial charge on any atom is 0.333 e. The molecular formula is C14H21N3O3. The van der Waals surface area contributed by atoms with Gasteiger partial charge >= 0.3 is 5.69 Å². The number of anilines is 1. The molecule has 6 heteroatoms. The van der Waals surface area contributed by atoms with Crippen molar-refractivity contribution in [2.75, 3.05) is 18.5 Å². The average molecular weight is 279 g/mol. The summed E-state index contributed by atoms with van der Waals surface area (Å²) in [6.45, 7) is 2.97. The third-order valence-electron chi connectivity index (χ3n) is 3.40. The summed E-state index contributed by atoms with van der Waals surface area (Å²) in [7, 11) is 0. The smallest absolute Gasteiger partial charge is 0.333 e. The second-order valence-electron chi connectivity index (χ2n) is 5.14. The second kappa shape index (κ2) is 6.56. The molecule has 0 spiro atoms. The molecule has 110 valence electrons. The van der Waals surface area contributed by atoms with Gasteiger partial charge in [-0.25, -0.2) is 0 Å². The van der Waals surface area contributed by atoms with E-state index in [9.17, 15) is 10.1 Å². The van der Waals surface area contributed by atoms with E-state index in [0.717, 1.165) is 19.3 Å². The zero-order valence-corrected chi connectivity index (χ0v) is 11.7. The van der Waals surface area contributed by atoms with Gasteiger partial charge in [0.1, 0.15) is 5.69 Å². The Kier molecular flexibility index (Phi) is 4.79. The maximum atomic E-state index is 11.3. The molecule has 1 aliphatic rings. The van der Waals surface area contributed by atoms with Crippen molar-refractivity contribution < 1.29 is 9.66 Å². The quantitative estimate of drug-likeness (QED) is 0.563. The number of nitro benzene ring substituents is 1. The van der Waals surface area contributed by atoms with Crippen LogP contribution in [-0.4, -0.2) is 24.1 Å². The van der Waals surface area contributed by atoms with Crippen LogP contribution in [-0.2, 0) is 0 Å². The number of hydrogen-bond donors (Lipinski definition) is 2. The molecule has 1 unspecified atom stereocenters. The number of hydrogen-bond acceptors (Lipinski definition) is 5. The molecule has 20 heavy (non-hydrogen) atoms. The fraction of sp³-hybridized carbons (Fsp3) is 0.571. The molecule has 1 saturated carbocycles. The van der Waals surface area contributed by atoms with Gasteiger partial charge in [-0.05, 0) is 37.3 Å². The predicted octanol–water partition coefficient (Wildman–Crippen LogP) is 2.53. The van der Waals surface area contributed by atoms with Crippen molar-refractivity contribution in [1.29, 1.82) is 0 Å². The van der Waals surface area contributed by atoms with Gasteiger partial charge in [0.2, 0.25) is 0 Å². The molecule has 0 aromatic heterocycles. The number of benzene rings is 1. The number of nitrogens with one attached hydrogen (secondary N) is 1. The van der Waals surface area contributed by atoms with Crippen molar-refractivity contribution in [3.8, 4) is 5.75 Å². The van der Waals surface area contributed by atoms with Crippen molar-refractivity contribution in [2.45, 2.75) is 32.2 Å². The summed E-state index contributed by atoms with van der Waals surface area (Å²) < 4.78 is 5.44. The van der Waals surface area contributed by atoms with Crippen molar-refractivity contribution in [2.24, 2.45) is 11.7 Å². The van der Waals surface area contributed by atoms with Gasteiger partial charge in [0, 0.05) is 12.6 Å². The van der Waals surface area contributed by atoms with E-state index < -0.39 is 4.92 Å². The normalized spacial score (nSPS) is 15.7. The molecule has 0 radical (unpaired) electrons. The van der Waals surface area contributed by atoms with Gasteiger partial charge in [-0.2, -0.15) is 0 Å². The monoisotopic (exact) mass is 279 g/mol. The van der Waals surface area contributed by atoms with Crippen LogP contribution >= 0.6 is 0 Å². The van der Waals surface area contributed by atoms with Gasteiger partial charge in [0.25, 0.3) is 0 Å². The first-order valence-electron chi connectivity index (χ1n) is 7.03. The standard InChI is InChI=1S/C14H21N3O3/c1-2-8-20-13-5-3-4-12(14(13)17(18)19)16-9-11(15)10-6-7-10/h3-5,10-11,16H,2,6-9,15H2,1H3. The molecule has 1 aromatic carbocycles. The summed E-state index contributed by atoms with van der Waals surface area (Å²) in [6, 6.07) is 5.12. The Hall–Kier alpha value is -1.82. The van der Waals surface area contributed by atoms with Gasteiger partial charge < -0.3 is 15.8 Å². The summed E-state index contributed by atoms with van der Waals surface area (Å²) in [5.74, 6) is 0.864. The van der Waals surface area contributed by atoms with Crippen LogP contribution in [0.4, 0.5) is 11.4 Å². The first kappa shape index (κ1) is 14.6. The van der Waals surface area contributed by atoms with Crippen LogP contribution in [0.5, 0.6) is 5.75 Å². The summed E-state index contributed by atoms with van der Waals surface area (Å²) in [5, 5.41) is 14.3. The van der Waals surface area contributed by atoms with Gasteiger partial charge in [-0.15, -0.1) is 0 Å². The maximum absolute atomic E-state index is 11.3. The number of nitrogens with zero attached hydrogens (tertiary/aromatic N) is 1. The van der Waals surface area contributed by atoms with Crippen molar-refractivity contribution >= 4 is 11.4 Å². The summed E-state index contributed by atoms with van der Waals surface area (Å²) in [6.07, 6.45) is 3.12. The zero-order valence-electron chi connectivity index (χ0n) is 11.7. The minimum Gasteiger partial charge on any atom is -0.487 e. The highest BCUT2D eigenvalue weighted by atomic mass is 16.6. The van der Waals surface area contributed by atoms with Gasteiger partial charge in [0.05, 0.1) is 11.5 Å². The van der Waals surface area contributed by atoms with Gasteiger partial charge in [-0.3, -0.25) is 10.1 Å². The molecule has 3 N–H and O–H groups in total. The molecule has 1 aliphatic carbocycles. The Morgan fingerprint density at radius 2 is 2.30 bits per heavy atom. The molecular weight excluding hydrogens is 258 g/mol. The lowest BCUT2D eigenvalue weighted by Crippen LogP contribution is -2.31. The Labute approximate surface area is 118 Å². The predicted molar refractivity (Wildman–Crippen MR) is 78.1 cm³/mol. The van der Waals surface area contributed by atoms with Gasteiger partial charge in [-0.1, -0.05) is 13.0 Å². The Bertz CT molecular complexity index is 475. The van der Waals surface area contributed by atoms with E-state index in [-0.39, 0.29) is 11.7 Å². The van der Waals surface area contributed by atoms with E-state index in [2.05, 4.69) is 5.32 Å². The number of para-hydroxylation sites is 1. The minimum atomic E-state index is -0.407. The molecule has 0 heterocycles. The SMILES string of the molecule is CCCOc1cccc(NCC(N)C2CC2)c1[N+](=O)[O-]. The van der Waals surface area contributed by atoms with Crippen LogP contribution < -0.4 is 15.8 Å². The topological polar surface area (TPSA) is 90.4 Å². The van der Waals surface area contributed by atoms with E-state index in [1.807, 2.05) is 6.92 Å². The van der Waals surface area contributed by atoms with E-state index >= 15 is 0 Å². The molecule has 6 nitrogen and oxygen atoms in total. The third-order valence-corrected chi connectivity index (χ3v) is 3.40. The molecule has 0 aliphatic heterocycles. The lowest BCUT2D eigenvalue weighted by molar-refractivity contribution is -0.385. The number of nitrogens with two attached hydrogens (primary N) is 1. The lowest BCUT2D eigenvalue weighted by Gasteiger charge is -2.14. The first-order valence-corrected chi connectivity index (χ1v) is 7.03. The van der Waals surface area contributed by atoms with E-state index in [4.69, 9.17) is 10.5 Å². The van der Waals surface area contributed by atoms with Crippen molar-refractivity contribution in [3.05, 3.63) is 28.3 Å². The molecule has 1 fully saturated rings. The molecule has 0 saturated heterocycles. The first-order chi connectivity index (χ1) is 9.63. The zero-order chi connectivity index (χ0) is 14.5. The molecule has 1 aromatic rings. The highest BCUT2D eigenvalue weighted by Gasteiger charge is 2.29.